The number of hydrogen-bond acceptors (Lipinski definition) is 3. The number of carbonyl (C=O) groups excluding carboxylic acids is 1. The first-order valence-corrected chi connectivity index (χ1v) is 7.26. The van der Waals surface area contributed by atoms with E-state index in [1.165, 1.54) is 0 Å². The second-order valence-electron chi connectivity index (χ2n) is 4.30. The molecule has 0 bridgehead atoms. The first-order chi connectivity index (χ1) is 7.45. The summed E-state index contributed by atoms with van der Waals surface area (Å²) in [5.41, 5.74) is 5.82. The van der Waals surface area contributed by atoms with Crippen LogP contribution in [-0.2, 0) is 4.79 Å². The average molecular weight is 265 g/mol. The van der Waals surface area contributed by atoms with E-state index in [-0.39, 0.29) is 11.4 Å². The molecule has 4 nitrogen and oxygen atoms in total. The second-order valence-corrected chi connectivity index (χ2v) is 5.03. The van der Waals surface area contributed by atoms with Gasteiger partial charge in [-0.25, -0.2) is 0 Å². The van der Waals surface area contributed by atoms with Crippen LogP contribution in [0.1, 0.15) is 26.7 Å². The number of nitrogens with zero attached hydrogens (tertiary/aromatic N) is 1. The van der Waals surface area contributed by atoms with Gasteiger partial charge < -0.3 is 11.1 Å². The predicted octanol–water partition coefficient (Wildman–Crippen LogP) is 0.587. The average Bonchev–Trinajstić information content (AvgIpc) is 2.25. The van der Waals surface area contributed by atoms with E-state index in [1.807, 2.05) is 11.8 Å². The smallest absolute Gasteiger partial charge is 0.234 e. The Hall–Kier alpha value is 0.250. The van der Waals surface area contributed by atoms with Crippen LogP contribution in [0, 0.1) is 0 Å². The van der Waals surface area contributed by atoms with Gasteiger partial charge >= 0.3 is 0 Å². The Morgan fingerprint density at radius 2 is 2.00 bits per heavy atom. The van der Waals surface area contributed by atoms with Crippen molar-refractivity contribution in [1.82, 2.24) is 10.2 Å². The molecule has 0 aromatic carbocycles. The molecule has 1 amide bonds. The van der Waals surface area contributed by atoms with Gasteiger partial charge in [-0.3, -0.25) is 9.69 Å². The number of amides is 1. The molecule has 3 N–H and O–H groups in total. The van der Waals surface area contributed by atoms with Gasteiger partial charge in [-0.05, 0) is 19.8 Å². The molecule has 16 heavy (non-hydrogen) atoms. The van der Waals surface area contributed by atoms with Crippen LogP contribution in [-0.4, -0.2) is 42.0 Å². The molecular weight excluding hydrogens is 240 g/mol. The van der Waals surface area contributed by atoms with Gasteiger partial charge in [0.15, 0.2) is 0 Å². The minimum absolute atomic E-state index is 0.0665. The number of nitrogens with two attached hydrogens (primary N) is 1. The second kappa shape index (κ2) is 8.36. The van der Waals surface area contributed by atoms with Gasteiger partial charge in [0.2, 0.25) is 5.91 Å². The summed E-state index contributed by atoms with van der Waals surface area (Å²) in [5.74, 6) is 0.0665. The molecule has 0 heterocycles. The van der Waals surface area contributed by atoms with E-state index in [4.69, 9.17) is 5.73 Å². The van der Waals surface area contributed by atoms with Crippen molar-refractivity contribution in [1.29, 1.82) is 0 Å². The Balaban J connectivity index is 3.74. The van der Waals surface area contributed by atoms with Gasteiger partial charge in [0, 0.05) is 24.7 Å². The largest absolute Gasteiger partial charge is 0.355 e. The summed E-state index contributed by atoms with van der Waals surface area (Å²) >= 11 is 0. The third-order valence-electron chi connectivity index (χ3n) is 2.71. The van der Waals surface area contributed by atoms with Crippen LogP contribution in [0.3, 0.4) is 0 Å². The Morgan fingerprint density at radius 3 is 2.44 bits per heavy atom. The lowest BCUT2D eigenvalue weighted by Crippen LogP contribution is -2.42. The standard InChI is InChI=1S/C10H25N3OP2/c1-3-10(2,11)4-5-12-9(14)6-13(7-15)8-16/h3-8,11,15-16H2,1-2H3,(H,12,14). The van der Waals surface area contributed by atoms with Crippen LogP contribution in [0.15, 0.2) is 0 Å². The number of carbonyl (C=O) groups is 1. The van der Waals surface area contributed by atoms with Crippen molar-refractivity contribution in [2.24, 2.45) is 5.73 Å². The van der Waals surface area contributed by atoms with Gasteiger partial charge in [-0.15, -0.1) is 18.5 Å². The van der Waals surface area contributed by atoms with Crippen molar-refractivity contribution in [2.45, 2.75) is 32.2 Å². The maximum absolute atomic E-state index is 11.5. The number of rotatable bonds is 8. The zero-order chi connectivity index (χ0) is 12.6. The lowest BCUT2D eigenvalue weighted by molar-refractivity contribution is -0.121. The monoisotopic (exact) mass is 265 g/mol. The Morgan fingerprint density at radius 1 is 1.44 bits per heavy atom. The topological polar surface area (TPSA) is 58.4 Å². The Bertz CT molecular complexity index is 208. The molecule has 0 saturated heterocycles. The highest BCUT2D eigenvalue weighted by atomic mass is 31.0. The molecule has 96 valence electrons. The van der Waals surface area contributed by atoms with Crippen LogP contribution in [0.2, 0.25) is 0 Å². The first-order valence-electron chi connectivity index (χ1n) is 5.63. The summed E-state index contributed by atoms with van der Waals surface area (Å²) in [6.07, 6.45) is 3.35. The molecule has 0 radical (unpaired) electrons. The highest BCUT2D eigenvalue weighted by Gasteiger charge is 2.15. The molecule has 0 aromatic heterocycles. The molecule has 0 rings (SSSR count). The van der Waals surface area contributed by atoms with Gasteiger partial charge in [0.25, 0.3) is 0 Å². The van der Waals surface area contributed by atoms with E-state index in [9.17, 15) is 4.79 Å². The molecular formula is C10H25N3OP2. The third kappa shape index (κ3) is 7.51. The van der Waals surface area contributed by atoms with E-state index in [0.717, 1.165) is 25.4 Å². The van der Waals surface area contributed by atoms with Crippen molar-refractivity contribution in [3.63, 3.8) is 0 Å². The zero-order valence-corrected chi connectivity index (χ0v) is 12.6. The van der Waals surface area contributed by atoms with E-state index < -0.39 is 0 Å². The van der Waals surface area contributed by atoms with Gasteiger partial charge in [0.05, 0.1) is 6.54 Å². The van der Waals surface area contributed by atoms with Crippen molar-refractivity contribution >= 4 is 24.4 Å². The van der Waals surface area contributed by atoms with Crippen LogP contribution in [0.4, 0.5) is 0 Å². The Labute approximate surface area is 103 Å². The van der Waals surface area contributed by atoms with E-state index >= 15 is 0 Å². The van der Waals surface area contributed by atoms with Gasteiger partial charge in [-0.1, -0.05) is 6.92 Å². The highest BCUT2D eigenvalue weighted by Crippen LogP contribution is 2.08. The van der Waals surface area contributed by atoms with E-state index in [2.05, 4.69) is 30.7 Å². The van der Waals surface area contributed by atoms with Crippen LogP contribution in [0.25, 0.3) is 0 Å². The fourth-order valence-corrected chi connectivity index (χ4v) is 1.98. The van der Waals surface area contributed by atoms with Crippen LogP contribution >= 0.6 is 18.5 Å². The molecule has 0 fully saturated rings. The summed E-state index contributed by atoms with van der Waals surface area (Å²) in [7, 11) is 5.23. The molecule has 0 aliphatic carbocycles. The van der Waals surface area contributed by atoms with Crippen molar-refractivity contribution in [3.8, 4) is 0 Å². The lowest BCUT2D eigenvalue weighted by atomic mass is 9.96. The first kappa shape index (κ1) is 16.2. The summed E-state index contributed by atoms with van der Waals surface area (Å²) in [6.45, 7) is 5.17. The normalized spacial score (nSPS) is 14.9. The van der Waals surface area contributed by atoms with Gasteiger partial charge in [-0.2, -0.15) is 0 Å². The Kier molecular flexibility index (Phi) is 8.49. The fourth-order valence-electron chi connectivity index (χ4n) is 1.13. The third-order valence-corrected chi connectivity index (χ3v) is 3.74. The van der Waals surface area contributed by atoms with Crippen LogP contribution < -0.4 is 11.1 Å². The summed E-state index contributed by atoms with van der Waals surface area (Å²) in [4.78, 5) is 13.6. The van der Waals surface area contributed by atoms with Crippen molar-refractivity contribution in [3.05, 3.63) is 0 Å². The molecule has 0 aliphatic heterocycles. The summed E-state index contributed by atoms with van der Waals surface area (Å²) < 4.78 is 0. The molecule has 0 aliphatic rings. The summed E-state index contributed by atoms with van der Waals surface area (Å²) in [5, 5.41) is 2.89. The molecule has 0 spiro atoms. The van der Waals surface area contributed by atoms with E-state index in [0.29, 0.717) is 13.1 Å². The molecule has 0 saturated carbocycles. The molecule has 6 heteroatoms. The quantitative estimate of drug-likeness (QED) is 0.631. The maximum atomic E-state index is 11.5. The van der Waals surface area contributed by atoms with Crippen LogP contribution in [0.5, 0.6) is 0 Å². The lowest BCUT2D eigenvalue weighted by Gasteiger charge is -2.23. The predicted molar refractivity (Wildman–Crippen MR) is 76.4 cm³/mol. The van der Waals surface area contributed by atoms with E-state index in [1.54, 1.807) is 0 Å². The molecule has 3 unspecified atom stereocenters. The zero-order valence-electron chi connectivity index (χ0n) is 10.3. The molecule has 0 aromatic rings. The minimum atomic E-state index is -0.172. The number of nitrogens with one attached hydrogen (secondary N) is 1. The molecule has 3 atom stereocenters. The summed E-state index contributed by atoms with van der Waals surface area (Å²) in [6, 6.07) is 0. The maximum Gasteiger partial charge on any atom is 0.234 e. The fraction of sp³-hybridized carbons (Fsp3) is 0.900. The highest BCUT2D eigenvalue weighted by molar-refractivity contribution is 7.17. The number of hydrogen-bond donors (Lipinski definition) is 2. The van der Waals surface area contributed by atoms with Crippen molar-refractivity contribution < 1.29 is 4.79 Å². The minimum Gasteiger partial charge on any atom is -0.355 e. The van der Waals surface area contributed by atoms with Gasteiger partial charge in [0.1, 0.15) is 0 Å². The van der Waals surface area contributed by atoms with Crippen molar-refractivity contribution in [2.75, 3.05) is 25.7 Å². The SMILES string of the molecule is CCC(C)(N)CCNC(=O)CN(CP)CP.